The highest BCUT2D eigenvalue weighted by Gasteiger charge is 2.27. The van der Waals surface area contributed by atoms with Gasteiger partial charge in [0.05, 0.1) is 5.54 Å². The van der Waals surface area contributed by atoms with Gasteiger partial charge in [0.1, 0.15) is 5.82 Å². The number of nitrogens with one attached hydrogen (secondary N) is 2. The van der Waals surface area contributed by atoms with Crippen LogP contribution in [0.25, 0.3) is 11.4 Å². The molecule has 0 bridgehead atoms. The lowest BCUT2D eigenvalue weighted by atomic mass is 9.96. The van der Waals surface area contributed by atoms with E-state index in [2.05, 4.69) is 20.5 Å². The number of nitrogens with two attached hydrogens (primary N) is 1. The van der Waals surface area contributed by atoms with Crippen molar-refractivity contribution in [3.05, 3.63) is 30.1 Å². The fraction of sp³-hybridized carbons (Fsp3) is 0.400. The zero-order chi connectivity index (χ0) is 15.5. The van der Waals surface area contributed by atoms with Gasteiger partial charge in [-0.25, -0.2) is 4.98 Å². The molecule has 6 nitrogen and oxygen atoms in total. The number of carbonyl (C=O) groups excluding carboxylic acids is 1. The van der Waals surface area contributed by atoms with Gasteiger partial charge in [-0.1, -0.05) is 13.3 Å². The third-order valence-corrected chi connectivity index (χ3v) is 3.29. The third kappa shape index (κ3) is 4.29. The summed E-state index contributed by atoms with van der Waals surface area (Å²) in [6, 6.07) is 7.37. The Morgan fingerprint density at radius 3 is 2.50 bits per heavy atom. The zero-order valence-electron chi connectivity index (χ0n) is 13.0. The second-order valence-electron chi connectivity index (χ2n) is 5.44. The molecule has 0 aliphatic carbocycles. The number of aromatic amines is 1. The van der Waals surface area contributed by atoms with Crippen LogP contribution in [-0.2, 0) is 4.79 Å². The number of halogens is 1. The topological polar surface area (TPSA) is 96.7 Å². The number of carbonyl (C=O) groups is 1. The highest BCUT2D eigenvalue weighted by atomic mass is 35.5. The summed E-state index contributed by atoms with van der Waals surface area (Å²) < 4.78 is 0. The number of hydrogen-bond donors (Lipinski definition) is 3. The van der Waals surface area contributed by atoms with Crippen molar-refractivity contribution in [2.24, 2.45) is 5.73 Å². The monoisotopic (exact) mass is 323 g/mol. The number of benzene rings is 1. The lowest BCUT2D eigenvalue weighted by molar-refractivity contribution is -0.120. The molecular formula is C15H22ClN5O. The number of hydrogen-bond acceptors (Lipinski definition) is 4. The average molecular weight is 324 g/mol. The first-order valence-electron chi connectivity index (χ1n) is 7.02. The molecule has 1 amide bonds. The number of amides is 1. The minimum Gasteiger partial charge on any atom is -0.325 e. The van der Waals surface area contributed by atoms with Gasteiger partial charge in [-0.2, -0.15) is 5.10 Å². The zero-order valence-corrected chi connectivity index (χ0v) is 13.8. The Morgan fingerprint density at radius 2 is 2.00 bits per heavy atom. The highest BCUT2D eigenvalue weighted by molar-refractivity contribution is 5.97. The number of rotatable bonds is 5. The molecule has 1 aromatic heterocycles. The molecule has 1 aromatic carbocycles. The van der Waals surface area contributed by atoms with E-state index in [0.29, 0.717) is 17.9 Å². The molecule has 0 radical (unpaired) electrons. The standard InChI is InChI=1S/C15H21N5O.ClH/c1-4-9-15(3,16)14(21)18-12-7-5-11(6-8-12)13-17-10(2)19-20-13;/h5-8H,4,9,16H2,1-3H3,(H,18,21)(H,17,19,20);1H. The minimum absolute atomic E-state index is 0. The van der Waals surface area contributed by atoms with E-state index in [-0.39, 0.29) is 18.3 Å². The fourth-order valence-electron chi connectivity index (χ4n) is 2.08. The quantitative estimate of drug-likeness (QED) is 0.788. The number of aryl methyl sites for hydroxylation is 1. The molecule has 120 valence electrons. The van der Waals surface area contributed by atoms with Crippen molar-refractivity contribution in [1.82, 2.24) is 15.2 Å². The SMILES string of the molecule is CCCC(C)(N)C(=O)Nc1ccc(-c2n[nH]c(C)n2)cc1.Cl. The molecule has 0 aliphatic heterocycles. The van der Waals surface area contributed by atoms with Crippen molar-refractivity contribution in [3.63, 3.8) is 0 Å². The van der Waals surface area contributed by atoms with Crippen LogP contribution in [0.5, 0.6) is 0 Å². The summed E-state index contributed by atoms with van der Waals surface area (Å²) in [6.07, 6.45) is 1.51. The Labute approximate surface area is 136 Å². The van der Waals surface area contributed by atoms with Crippen molar-refractivity contribution in [3.8, 4) is 11.4 Å². The van der Waals surface area contributed by atoms with Crippen LogP contribution >= 0.6 is 12.4 Å². The Balaban J connectivity index is 0.00000242. The van der Waals surface area contributed by atoms with Gasteiger partial charge in [0.15, 0.2) is 5.82 Å². The summed E-state index contributed by atoms with van der Waals surface area (Å²) in [4.78, 5) is 16.4. The van der Waals surface area contributed by atoms with Gasteiger partial charge < -0.3 is 11.1 Å². The number of H-pyrrole nitrogens is 1. The van der Waals surface area contributed by atoms with Crippen molar-refractivity contribution < 1.29 is 4.79 Å². The largest absolute Gasteiger partial charge is 0.325 e. The molecule has 2 aromatic rings. The molecular weight excluding hydrogens is 302 g/mol. The summed E-state index contributed by atoms with van der Waals surface area (Å²) in [5.41, 5.74) is 6.76. The van der Waals surface area contributed by atoms with Gasteiger partial charge in [-0.05, 0) is 44.5 Å². The maximum Gasteiger partial charge on any atom is 0.244 e. The van der Waals surface area contributed by atoms with E-state index in [1.165, 1.54) is 0 Å². The van der Waals surface area contributed by atoms with Gasteiger partial charge in [0, 0.05) is 11.3 Å². The molecule has 0 spiro atoms. The van der Waals surface area contributed by atoms with Crippen LogP contribution in [-0.4, -0.2) is 26.6 Å². The molecule has 0 saturated heterocycles. The van der Waals surface area contributed by atoms with Gasteiger partial charge >= 0.3 is 0 Å². The van der Waals surface area contributed by atoms with Gasteiger partial charge in [0.25, 0.3) is 0 Å². The van der Waals surface area contributed by atoms with E-state index < -0.39 is 5.54 Å². The van der Waals surface area contributed by atoms with Crippen LogP contribution in [0.4, 0.5) is 5.69 Å². The molecule has 2 rings (SSSR count). The van der Waals surface area contributed by atoms with Crippen LogP contribution in [0.1, 0.15) is 32.5 Å². The average Bonchev–Trinajstić information content (AvgIpc) is 2.86. The Kier molecular flexibility index (Phi) is 6.08. The second-order valence-corrected chi connectivity index (χ2v) is 5.44. The lowest BCUT2D eigenvalue weighted by Gasteiger charge is -2.22. The highest BCUT2D eigenvalue weighted by Crippen LogP contribution is 2.19. The predicted octanol–water partition coefficient (Wildman–Crippen LogP) is 2.66. The van der Waals surface area contributed by atoms with Gasteiger partial charge in [-0.3, -0.25) is 9.89 Å². The van der Waals surface area contributed by atoms with Gasteiger partial charge in [0.2, 0.25) is 5.91 Å². The molecule has 1 unspecified atom stereocenters. The van der Waals surface area contributed by atoms with E-state index in [1.54, 1.807) is 6.92 Å². The molecule has 22 heavy (non-hydrogen) atoms. The molecule has 1 heterocycles. The van der Waals surface area contributed by atoms with Crippen molar-refractivity contribution in [2.45, 2.75) is 39.2 Å². The van der Waals surface area contributed by atoms with Crippen LogP contribution in [0.3, 0.4) is 0 Å². The van der Waals surface area contributed by atoms with Crippen molar-refractivity contribution >= 4 is 24.0 Å². The lowest BCUT2D eigenvalue weighted by Crippen LogP contribution is -2.48. The fourth-order valence-corrected chi connectivity index (χ4v) is 2.08. The Morgan fingerprint density at radius 1 is 1.36 bits per heavy atom. The van der Waals surface area contributed by atoms with E-state index in [1.807, 2.05) is 38.1 Å². The van der Waals surface area contributed by atoms with Crippen LogP contribution in [0.2, 0.25) is 0 Å². The van der Waals surface area contributed by atoms with E-state index >= 15 is 0 Å². The summed E-state index contributed by atoms with van der Waals surface area (Å²) in [5, 5.41) is 9.74. The first-order valence-corrected chi connectivity index (χ1v) is 7.02. The van der Waals surface area contributed by atoms with E-state index in [0.717, 1.165) is 17.8 Å². The van der Waals surface area contributed by atoms with Crippen LogP contribution in [0.15, 0.2) is 24.3 Å². The van der Waals surface area contributed by atoms with Crippen molar-refractivity contribution in [1.29, 1.82) is 0 Å². The first kappa shape index (κ1) is 18.1. The van der Waals surface area contributed by atoms with E-state index in [4.69, 9.17) is 5.73 Å². The molecule has 0 fully saturated rings. The Bertz CT molecular complexity index is 621. The molecule has 7 heteroatoms. The van der Waals surface area contributed by atoms with Crippen LogP contribution < -0.4 is 11.1 Å². The summed E-state index contributed by atoms with van der Waals surface area (Å²) in [5.74, 6) is 1.23. The molecule has 4 N–H and O–H groups in total. The normalized spacial score (nSPS) is 13.1. The maximum absolute atomic E-state index is 12.1. The summed E-state index contributed by atoms with van der Waals surface area (Å²) in [6.45, 7) is 5.60. The second kappa shape index (κ2) is 7.38. The molecule has 0 saturated carbocycles. The number of nitrogens with zero attached hydrogens (tertiary/aromatic N) is 2. The molecule has 1 atom stereocenters. The number of anilines is 1. The predicted molar refractivity (Wildman–Crippen MR) is 89.9 cm³/mol. The van der Waals surface area contributed by atoms with Gasteiger partial charge in [-0.15, -0.1) is 12.4 Å². The summed E-state index contributed by atoms with van der Waals surface area (Å²) >= 11 is 0. The van der Waals surface area contributed by atoms with Crippen LogP contribution in [0, 0.1) is 6.92 Å². The van der Waals surface area contributed by atoms with Crippen molar-refractivity contribution in [2.75, 3.05) is 5.32 Å². The smallest absolute Gasteiger partial charge is 0.244 e. The summed E-state index contributed by atoms with van der Waals surface area (Å²) in [7, 11) is 0. The van der Waals surface area contributed by atoms with E-state index in [9.17, 15) is 4.79 Å². The minimum atomic E-state index is -0.853. The first-order chi connectivity index (χ1) is 9.92. The third-order valence-electron chi connectivity index (χ3n) is 3.29. The maximum atomic E-state index is 12.1. The molecule has 0 aliphatic rings. The Hall–Kier alpha value is -1.92. The number of aromatic nitrogens is 3.